The Kier molecular flexibility index (Phi) is 5.02. The van der Waals surface area contributed by atoms with Crippen molar-refractivity contribution in [2.24, 2.45) is 0 Å². The van der Waals surface area contributed by atoms with Crippen LogP contribution in [0.2, 0.25) is 5.02 Å². The van der Waals surface area contributed by atoms with Crippen LogP contribution >= 0.6 is 11.6 Å². The van der Waals surface area contributed by atoms with Gasteiger partial charge >= 0.3 is 0 Å². The highest BCUT2D eigenvalue weighted by molar-refractivity contribution is 6.30. The van der Waals surface area contributed by atoms with E-state index in [-0.39, 0.29) is 18.6 Å². The summed E-state index contributed by atoms with van der Waals surface area (Å²) in [6.45, 7) is 1.89. The Hall–Kier alpha value is -2.52. The summed E-state index contributed by atoms with van der Waals surface area (Å²) in [7, 11) is 0. The lowest BCUT2D eigenvalue weighted by molar-refractivity contribution is -0.123. The van der Waals surface area contributed by atoms with E-state index in [2.05, 4.69) is 5.32 Å². The summed E-state index contributed by atoms with van der Waals surface area (Å²) in [5.41, 5.74) is 0.960. The van der Waals surface area contributed by atoms with Crippen molar-refractivity contribution in [2.75, 3.05) is 6.61 Å². The molecule has 0 saturated heterocycles. The maximum atomic E-state index is 12.1. The Labute approximate surface area is 146 Å². The average Bonchev–Trinajstić information content (AvgIpc) is 2.59. The molecule has 0 radical (unpaired) electrons. The van der Waals surface area contributed by atoms with Crippen LogP contribution in [0.5, 0.6) is 5.75 Å². The first-order valence-electron chi connectivity index (χ1n) is 7.78. The van der Waals surface area contributed by atoms with E-state index < -0.39 is 0 Å². The summed E-state index contributed by atoms with van der Waals surface area (Å²) in [4.78, 5) is 12.1. The van der Waals surface area contributed by atoms with Gasteiger partial charge in [-0.2, -0.15) is 0 Å². The number of rotatable bonds is 5. The lowest BCUT2D eigenvalue weighted by Gasteiger charge is -2.15. The van der Waals surface area contributed by atoms with Crippen molar-refractivity contribution >= 4 is 28.3 Å². The zero-order valence-corrected chi connectivity index (χ0v) is 14.1. The van der Waals surface area contributed by atoms with Gasteiger partial charge in [-0.1, -0.05) is 54.1 Å². The predicted octanol–water partition coefficient (Wildman–Crippen LogP) is 4.75. The molecule has 4 heteroatoms. The summed E-state index contributed by atoms with van der Waals surface area (Å²) < 4.78 is 5.60. The highest BCUT2D eigenvalue weighted by Gasteiger charge is 2.10. The van der Waals surface area contributed by atoms with Crippen LogP contribution in [0.4, 0.5) is 0 Å². The van der Waals surface area contributed by atoms with E-state index >= 15 is 0 Å². The first kappa shape index (κ1) is 16.3. The zero-order valence-electron chi connectivity index (χ0n) is 13.3. The SMILES string of the molecule is C[C@H](NC(=O)COc1ccc2ccccc2c1)c1cccc(Cl)c1. The van der Waals surface area contributed by atoms with Crippen LogP contribution in [0.25, 0.3) is 10.8 Å². The monoisotopic (exact) mass is 339 g/mol. The van der Waals surface area contributed by atoms with Crippen LogP contribution in [0, 0.1) is 0 Å². The minimum atomic E-state index is -0.171. The van der Waals surface area contributed by atoms with Gasteiger partial charge in [0.25, 0.3) is 5.91 Å². The van der Waals surface area contributed by atoms with E-state index in [9.17, 15) is 4.79 Å². The summed E-state index contributed by atoms with van der Waals surface area (Å²) >= 11 is 5.98. The number of amides is 1. The molecule has 122 valence electrons. The molecule has 0 heterocycles. The van der Waals surface area contributed by atoms with Crippen molar-refractivity contribution < 1.29 is 9.53 Å². The molecule has 0 aromatic heterocycles. The van der Waals surface area contributed by atoms with Gasteiger partial charge in [0, 0.05) is 5.02 Å². The van der Waals surface area contributed by atoms with E-state index in [1.807, 2.05) is 73.7 Å². The third kappa shape index (κ3) is 4.06. The van der Waals surface area contributed by atoms with E-state index in [0.717, 1.165) is 16.3 Å². The maximum Gasteiger partial charge on any atom is 0.258 e. The molecule has 0 fully saturated rings. The van der Waals surface area contributed by atoms with E-state index in [0.29, 0.717) is 10.8 Å². The van der Waals surface area contributed by atoms with Crippen molar-refractivity contribution in [2.45, 2.75) is 13.0 Å². The third-order valence-electron chi connectivity index (χ3n) is 3.82. The summed E-state index contributed by atoms with van der Waals surface area (Å²) in [6, 6.07) is 21.1. The van der Waals surface area contributed by atoms with Gasteiger partial charge in [-0.15, -0.1) is 0 Å². The van der Waals surface area contributed by atoms with E-state index in [4.69, 9.17) is 16.3 Å². The van der Waals surface area contributed by atoms with Gasteiger partial charge in [0.05, 0.1) is 6.04 Å². The minimum Gasteiger partial charge on any atom is -0.484 e. The largest absolute Gasteiger partial charge is 0.484 e. The zero-order chi connectivity index (χ0) is 16.9. The molecule has 0 aliphatic rings. The molecule has 1 N–H and O–H groups in total. The summed E-state index contributed by atoms with van der Waals surface area (Å²) in [5.74, 6) is 0.509. The van der Waals surface area contributed by atoms with Crippen LogP contribution in [0.15, 0.2) is 66.7 Å². The highest BCUT2D eigenvalue weighted by atomic mass is 35.5. The van der Waals surface area contributed by atoms with Crippen molar-refractivity contribution in [1.29, 1.82) is 0 Å². The van der Waals surface area contributed by atoms with Gasteiger partial charge in [0.15, 0.2) is 6.61 Å². The molecule has 24 heavy (non-hydrogen) atoms. The number of carbonyl (C=O) groups is 1. The normalized spacial score (nSPS) is 11.9. The molecule has 3 aromatic rings. The molecule has 3 aromatic carbocycles. The number of nitrogens with one attached hydrogen (secondary N) is 1. The fourth-order valence-corrected chi connectivity index (χ4v) is 2.75. The van der Waals surface area contributed by atoms with Crippen molar-refractivity contribution in [3.8, 4) is 5.75 Å². The van der Waals surface area contributed by atoms with Crippen molar-refractivity contribution in [3.05, 3.63) is 77.3 Å². The molecule has 3 nitrogen and oxygen atoms in total. The molecule has 0 spiro atoms. The highest BCUT2D eigenvalue weighted by Crippen LogP contribution is 2.21. The number of ether oxygens (including phenoxy) is 1. The second-order valence-corrected chi connectivity index (χ2v) is 6.08. The van der Waals surface area contributed by atoms with Gasteiger partial charge in [-0.3, -0.25) is 4.79 Å². The second-order valence-electron chi connectivity index (χ2n) is 5.64. The Morgan fingerprint density at radius 2 is 1.83 bits per heavy atom. The lowest BCUT2D eigenvalue weighted by atomic mass is 10.1. The summed E-state index contributed by atoms with van der Waals surface area (Å²) in [6.07, 6.45) is 0. The second kappa shape index (κ2) is 7.37. The van der Waals surface area contributed by atoms with Gasteiger partial charge in [0.2, 0.25) is 0 Å². The molecule has 1 atom stereocenters. The Bertz CT molecular complexity index is 863. The van der Waals surface area contributed by atoms with Crippen LogP contribution in [-0.4, -0.2) is 12.5 Å². The number of hydrogen-bond acceptors (Lipinski definition) is 2. The molecule has 0 bridgehead atoms. The standard InChI is InChI=1S/C20H18ClNO2/c1-14(16-7-4-8-18(21)11-16)22-20(23)13-24-19-10-9-15-5-2-3-6-17(15)12-19/h2-12,14H,13H2,1H3,(H,22,23)/t14-/m0/s1. The summed E-state index contributed by atoms with van der Waals surface area (Å²) in [5, 5.41) is 5.79. The predicted molar refractivity (Wildman–Crippen MR) is 97.5 cm³/mol. The Balaban J connectivity index is 1.58. The molecule has 0 aliphatic heterocycles. The van der Waals surface area contributed by atoms with Gasteiger partial charge in [-0.05, 0) is 47.5 Å². The van der Waals surface area contributed by atoms with E-state index in [1.54, 1.807) is 0 Å². The number of carbonyl (C=O) groups excluding carboxylic acids is 1. The quantitative estimate of drug-likeness (QED) is 0.728. The lowest BCUT2D eigenvalue weighted by Crippen LogP contribution is -2.31. The van der Waals surface area contributed by atoms with Crippen molar-refractivity contribution in [3.63, 3.8) is 0 Å². The topological polar surface area (TPSA) is 38.3 Å². The van der Waals surface area contributed by atoms with Gasteiger partial charge in [-0.25, -0.2) is 0 Å². The van der Waals surface area contributed by atoms with Gasteiger partial charge in [0.1, 0.15) is 5.75 Å². The number of benzene rings is 3. The third-order valence-corrected chi connectivity index (χ3v) is 4.05. The number of fused-ring (bicyclic) bond motifs is 1. The molecule has 0 unspecified atom stereocenters. The average molecular weight is 340 g/mol. The molecular formula is C20H18ClNO2. The molecular weight excluding hydrogens is 322 g/mol. The van der Waals surface area contributed by atoms with E-state index in [1.165, 1.54) is 0 Å². The van der Waals surface area contributed by atoms with Gasteiger partial charge < -0.3 is 10.1 Å². The minimum absolute atomic E-state index is 0.0246. The maximum absolute atomic E-state index is 12.1. The van der Waals surface area contributed by atoms with Crippen LogP contribution in [0.3, 0.4) is 0 Å². The first-order valence-corrected chi connectivity index (χ1v) is 8.16. The fourth-order valence-electron chi connectivity index (χ4n) is 2.55. The molecule has 3 rings (SSSR count). The van der Waals surface area contributed by atoms with Crippen molar-refractivity contribution in [1.82, 2.24) is 5.32 Å². The number of halogens is 1. The Morgan fingerprint density at radius 1 is 1.04 bits per heavy atom. The molecule has 1 amide bonds. The number of hydrogen-bond donors (Lipinski definition) is 1. The first-order chi connectivity index (χ1) is 11.6. The molecule has 0 aliphatic carbocycles. The van der Waals surface area contributed by atoms with Crippen LogP contribution in [0.1, 0.15) is 18.5 Å². The van der Waals surface area contributed by atoms with Crippen LogP contribution in [-0.2, 0) is 4.79 Å². The van der Waals surface area contributed by atoms with Crippen LogP contribution < -0.4 is 10.1 Å². The fraction of sp³-hybridized carbons (Fsp3) is 0.150. The Morgan fingerprint density at radius 3 is 2.62 bits per heavy atom. The smallest absolute Gasteiger partial charge is 0.258 e. The molecule has 0 saturated carbocycles.